The minimum Gasteiger partial charge on any atom is -0.490 e. The largest absolute Gasteiger partial charge is 0.490 e. The quantitative estimate of drug-likeness (QED) is 0.810. The molecule has 0 aliphatic heterocycles. The van der Waals surface area contributed by atoms with Crippen molar-refractivity contribution < 1.29 is 14.6 Å². The zero-order chi connectivity index (χ0) is 13.5. The molecule has 0 heterocycles. The van der Waals surface area contributed by atoms with Gasteiger partial charge in [0.05, 0.1) is 6.61 Å². The molecule has 0 atom stereocenters. The van der Waals surface area contributed by atoms with Crippen molar-refractivity contribution in [3.63, 3.8) is 0 Å². The second-order valence-electron chi connectivity index (χ2n) is 4.32. The van der Waals surface area contributed by atoms with E-state index in [-0.39, 0.29) is 6.61 Å². The highest BCUT2D eigenvalue weighted by atomic mass is 16.5. The van der Waals surface area contributed by atoms with Crippen LogP contribution < -0.4 is 9.47 Å². The minimum atomic E-state index is 0.0523. The second kappa shape index (κ2) is 6.81. The molecule has 0 aliphatic carbocycles. The fourth-order valence-electron chi connectivity index (χ4n) is 1.72. The number of aryl methyl sites for hydroxylation is 1. The summed E-state index contributed by atoms with van der Waals surface area (Å²) in [4.78, 5) is 0. The summed E-state index contributed by atoms with van der Waals surface area (Å²) in [5.74, 6) is 1.64. The van der Waals surface area contributed by atoms with Gasteiger partial charge in [0, 0.05) is 0 Å². The summed E-state index contributed by atoms with van der Waals surface area (Å²) in [6.45, 7) is 3.08. The molecule has 0 amide bonds. The normalized spacial score (nSPS) is 10.2. The average Bonchev–Trinajstić information content (AvgIpc) is 2.44. The van der Waals surface area contributed by atoms with Crippen LogP contribution in [0.15, 0.2) is 48.5 Å². The fourth-order valence-corrected chi connectivity index (χ4v) is 1.72. The summed E-state index contributed by atoms with van der Waals surface area (Å²) in [7, 11) is 0. The van der Waals surface area contributed by atoms with Crippen molar-refractivity contribution in [2.24, 2.45) is 0 Å². The van der Waals surface area contributed by atoms with Crippen molar-refractivity contribution in [3.05, 3.63) is 59.7 Å². The Morgan fingerprint density at radius 1 is 0.895 bits per heavy atom. The third-order valence-corrected chi connectivity index (χ3v) is 2.72. The van der Waals surface area contributed by atoms with Crippen LogP contribution in [0.3, 0.4) is 0 Å². The van der Waals surface area contributed by atoms with Gasteiger partial charge in [0.15, 0.2) is 0 Å². The van der Waals surface area contributed by atoms with Crippen molar-refractivity contribution in [3.8, 4) is 11.5 Å². The lowest BCUT2D eigenvalue weighted by molar-refractivity contribution is 0.217. The molecule has 3 heteroatoms. The van der Waals surface area contributed by atoms with Gasteiger partial charge in [-0.2, -0.15) is 0 Å². The molecule has 0 radical (unpaired) electrons. The van der Waals surface area contributed by atoms with E-state index in [0.717, 1.165) is 17.1 Å². The van der Waals surface area contributed by atoms with E-state index >= 15 is 0 Å². The Morgan fingerprint density at radius 3 is 2.21 bits per heavy atom. The Bertz CT molecular complexity index is 506. The van der Waals surface area contributed by atoms with E-state index in [1.165, 1.54) is 5.56 Å². The molecular weight excluding hydrogens is 240 g/mol. The van der Waals surface area contributed by atoms with Gasteiger partial charge in [-0.05, 0) is 42.3 Å². The van der Waals surface area contributed by atoms with Crippen LogP contribution in [0.2, 0.25) is 0 Å². The standard InChI is InChI=1S/C16H18O3/c1-13-3-2-4-16(11-13)19-10-9-18-15-7-5-14(12-17)6-8-15/h2-8,11,17H,9-10,12H2,1H3. The van der Waals surface area contributed by atoms with Crippen molar-refractivity contribution in [1.82, 2.24) is 0 Å². The molecule has 0 aromatic heterocycles. The van der Waals surface area contributed by atoms with E-state index in [0.29, 0.717) is 13.2 Å². The van der Waals surface area contributed by atoms with Crippen molar-refractivity contribution >= 4 is 0 Å². The highest BCUT2D eigenvalue weighted by molar-refractivity contribution is 5.28. The smallest absolute Gasteiger partial charge is 0.122 e. The maximum Gasteiger partial charge on any atom is 0.122 e. The summed E-state index contributed by atoms with van der Waals surface area (Å²) >= 11 is 0. The molecule has 2 rings (SSSR count). The van der Waals surface area contributed by atoms with Gasteiger partial charge in [-0.3, -0.25) is 0 Å². The van der Waals surface area contributed by atoms with E-state index < -0.39 is 0 Å². The molecule has 0 aliphatic rings. The first-order chi connectivity index (χ1) is 9.28. The van der Waals surface area contributed by atoms with E-state index in [2.05, 4.69) is 0 Å². The molecule has 2 aromatic carbocycles. The predicted molar refractivity (Wildman–Crippen MR) is 74.5 cm³/mol. The summed E-state index contributed by atoms with van der Waals surface area (Å²) in [5.41, 5.74) is 2.06. The van der Waals surface area contributed by atoms with Gasteiger partial charge in [0.2, 0.25) is 0 Å². The van der Waals surface area contributed by atoms with E-state index in [1.807, 2.05) is 55.5 Å². The monoisotopic (exact) mass is 258 g/mol. The Balaban J connectivity index is 1.74. The first-order valence-electron chi connectivity index (χ1n) is 6.30. The Morgan fingerprint density at radius 2 is 1.58 bits per heavy atom. The van der Waals surface area contributed by atoms with Gasteiger partial charge in [0.1, 0.15) is 24.7 Å². The van der Waals surface area contributed by atoms with Crippen molar-refractivity contribution in [2.75, 3.05) is 13.2 Å². The third kappa shape index (κ3) is 4.30. The van der Waals surface area contributed by atoms with Crippen molar-refractivity contribution in [2.45, 2.75) is 13.5 Å². The van der Waals surface area contributed by atoms with Crippen molar-refractivity contribution in [1.29, 1.82) is 0 Å². The SMILES string of the molecule is Cc1cccc(OCCOc2ccc(CO)cc2)c1. The average molecular weight is 258 g/mol. The summed E-state index contributed by atoms with van der Waals surface area (Å²) in [6, 6.07) is 15.3. The first-order valence-corrected chi connectivity index (χ1v) is 6.30. The lowest BCUT2D eigenvalue weighted by Gasteiger charge is -2.09. The fraction of sp³-hybridized carbons (Fsp3) is 0.250. The molecule has 2 aromatic rings. The number of rotatable bonds is 6. The van der Waals surface area contributed by atoms with Gasteiger partial charge in [0.25, 0.3) is 0 Å². The maximum atomic E-state index is 8.93. The molecule has 0 spiro atoms. The predicted octanol–water partition coefficient (Wildman–Crippen LogP) is 2.95. The zero-order valence-electron chi connectivity index (χ0n) is 11.0. The number of hydrogen-bond donors (Lipinski definition) is 1. The lowest BCUT2D eigenvalue weighted by Crippen LogP contribution is -2.09. The van der Waals surface area contributed by atoms with Crippen LogP contribution in [0.5, 0.6) is 11.5 Å². The van der Waals surface area contributed by atoms with Crippen LogP contribution in [-0.4, -0.2) is 18.3 Å². The number of hydrogen-bond acceptors (Lipinski definition) is 3. The third-order valence-electron chi connectivity index (χ3n) is 2.72. The van der Waals surface area contributed by atoms with Crippen LogP contribution in [0.25, 0.3) is 0 Å². The van der Waals surface area contributed by atoms with E-state index in [1.54, 1.807) is 0 Å². The maximum absolute atomic E-state index is 8.93. The van der Waals surface area contributed by atoms with Crippen LogP contribution in [0, 0.1) is 6.92 Å². The van der Waals surface area contributed by atoms with E-state index in [9.17, 15) is 0 Å². The molecular formula is C16H18O3. The minimum absolute atomic E-state index is 0.0523. The van der Waals surface area contributed by atoms with Gasteiger partial charge in [-0.15, -0.1) is 0 Å². The van der Waals surface area contributed by atoms with Crippen LogP contribution in [0.1, 0.15) is 11.1 Å². The highest BCUT2D eigenvalue weighted by Gasteiger charge is 1.96. The molecule has 0 saturated carbocycles. The molecule has 1 N–H and O–H groups in total. The van der Waals surface area contributed by atoms with Crippen LogP contribution in [-0.2, 0) is 6.61 Å². The Labute approximate surface area is 113 Å². The van der Waals surface area contributed by atoms with Gasteiger partial charge < -0.3 is 14.6 Å². The topological polar surface area (TPSA) is 38.7 Å². The second-order valence-corrected chi connectivity index (χ2v) is 4.32. The van der Waals surface area contributed by atoms with Crippen LogP contribution in [0.4, 0.5) is 0 Å². The molecule has 0 fully saturated rings. The summed E-state index contributed by atoms with van der Waals surface area (Å²) in [6.07, 6.45) is 0. The zero-order valence-corrected chi connectivity index (χ0v) is 11.0. The molecule has 100 valence electrons. The summed E-state index contributed by atoms with van der Waals surface area (Å²) < 4.78 is 11.1. The number of ether oxygens (including phenoxy) is 2. The molecule has 0 saturated heterocycles. The highest BCUT2D eigenvalue weighted by Crippen LogP contribution is 2.14. The lowest BCUT2D eigenvalue weighted by atomic mass is 10.2. The number of aliphatic hydroxyl groups is 1. The number of aliphatic hydroxyl groups excluding tert-OH is 1. The molecule has 0 unspecified atom stereocenters. The molecule has 3 nitrogen and oxygen atoms in total. The molecule has 19 heavy (non-hydrogen) atoms. The van der Waals surface area contributed by atoms with Crippen LogP contribution >= 0.6 is 0 Å². The summed E-state index contributed by atoms with van der Waals surface area (Å²) in [5, 5.41) is 8.93. The Hall–Kier alpha value is -2.00. The number of benzene rings is 2. The Kier molecular flexibility index (Phi) is 4.81. The van der Waals surface area contributed by atoms with E-state index in [4.69, 9.17) is 14.6 Å². The molecule has 0 bridgehead atoms. The first kappa shape index (κ1) is 13.4. The van der Waals surface area contributed by atoms with Gasteiger partial charge >= 0.3 is 0 Å². The van der Waals surface area contributed by atoms with Gasteiger partial charge in [-0.25, -0.2) is 0 Å². The van der Waals surface area contributed by atoms with Gasteiger partial charge in [-0.1, -0.05) is 24.3 Å².